The molecule has 4 aliphatic rings. The zero-order valence-electron chi connectivity index (χ0n) is 32.9. The molecule has 16 nitrogen and oxygen atoms in total. The third-order valence-electron chi connectivity index (χ3n) is 10.7. The number of sulfonamides is 1. The van der Waals surface area contributed by atoms with Gasteiger partial charge in [-0.3, -0.25) is 19.2 Å². The Bertz CT molecular complexity index is 1660. The van der Waals surface area contributed by atoms with Gasteiger partial charge in [0.25, 0.3) is 5.91 Å². The molecule has 54 heavy (non-hydrogen) atoms. The summed E-state index contributed by atoms with van der Waals surface area (Å²) in [5.74, 6) is -3.31. The molecule has 2 unspecified atom stereocenters. The number of carbonyl (C=O) groups is 6. The first kappa shape index (κ1) is 42.7. The first-order valence-corrected chi connectivity index (χ1v) is 20.6. The summed E-state index contributed by atoms with van der Waals surface area (Å²) in [5.41, 5.74) is 6.25. The van der Waals surface area contributed by atoms with Crippen LogP contribution in [0.1, 0.15) is 86.5 Å². The summed E-state index contributed by atoms with van der Waals surface area (Å²) in [6.45, 7) is 11.5. The number of nitrogens with zero attached hydrogens (tertiary/aromatic N) is 3. The summed E-state index contributed by atoms with van der Waals surface area (Å²) in [6.07, 6.45) is 8.19. The smallest absolute Gasteiger partial charge is 0.410 e. The van der Waals surface area contributed by atoms with Crippen LogP contribution in [0.4, 0.5) is 9.59 Å². The minimum absolute atomic E-state index is 0.0246. The number of urea groups is 1. The van der Waals surface area contributed by atoms with Crippen LogP contribution in [-0.2, 0) is 33.9 Å². The summed E-state index contributed by atoms with van der Waals surface area (Å²) in [4.78, 5) is 83.1. The fourth-order valence-corrected chi connectivity index (χ4v) is 7.37. The Morgan fingerprint density at radius 3 is 2.24 bits per heavy atom. The quantitative estimate of drug-likeness (QED) is 0.200. The summed E-state index contributed by atoms with van der Waals surface area (Å²) >= 11 is 0. The molecule has 1 saturated heterocycles. The van der Waals surface area contributed by atoms with Crippen LogP contribution in [0.15, 0.2) is 23.3 Å². The number of nitrogens with two attached hydrogens (primary N) is 1. The normalized spacial score (nSPS) is 22.2. The molecule has 0 bridgehead atoms. The van der Waals surface area contributed by atoms with E-state index >= 15 is 0 Å². The first-order valence-electron chi connectivity index (χ1n) is 18.7. The highest BCUT2D eigenvalue weighted by Gasteiger charge is 2.47. The summed E-state index contributed by atoms with van der Waals surface area (Å²) < 4.78 is 31.4. The molecule has 1 saturated carbocycles. The van der Waals surface area contributed by atoms with Crippen molar-refractivity contribution in [2.75, 3.05) is 39.5 Å². The van der Waals surface area contributed by atoms with Gasteiger partial charge in [0.15, 0.2) is 0 Å². The van der Waals surface area contributed by atoms with Gasteiger partial charge in [0, 0.05) is 39.1 Å². The van der Waals surface area contributed by atoms with E-state index in [1.165, 1.54) is 17.5 Å². The molecule has 2 aliphatic heterocycles. The SMILES string of the molecule is CN(C[C@@H](NC(=O)NC(C(=O)N1C[C@H](OC(=O)N2CCC3=C(C=CCC3)C2)C[C@H]1C(=O)NC(CC1CC1)C(=O)C(N)=O)C(C)(C)C)C(C)(C)C)S(C)(=O)=O. The number of Topliss-reactive ketones (excluding diaryl/α,β-unsaturated/α-hetero) is 1. The number of primary amides is 1. The Hall–Kier alpha value is -3.99. The number of likely N-dealkylation sites (N-methyl/N-ethyl adjacent to an activating group) is 1. The molecule has 17 heteroatoms. The van der Waals surface area contributed by atoms with Crippen LogP contribution in [0.5, 0.6) is 0 Å². The van der Waals surface area contributed by atoms with Gasteiger partial charge in [-0.1, -0.05) is 72.1 Å². The zero-order valence-corrected chi connectivity index (χ0v) is 33.7. The molecule has 2 heterocycles. The van der Waals surface area contributed by atoms with Gasteiger partial charge in [-0.15, -0.1) is 0 Å². The predicted octanol–water partition coefficient (Wildman–Crippen LogP) is 1.80. The van der Waals surface area contributed by atoms with Gasteiger partial charge < -0.3 is 36.2 Å². The van der Waals surface area contributed by atoms with Crippen molar-refractivity contribution < 1.29 is 41.9 Å². The highest BCUT2D eigenvalue weighted by Crippen LogP contribution is 2.34. The van der Waals surface area contributed by atoms with E-state index in [9.17, 15) is 37.2 Å². The average molecular weight is 778 g/mol. The second-order valence-electron chi connectivity index (χ2n) is 17.3. The van der Waals surface area contributed by atoms with E-state index in [0.29, 0.717) is 13.1 Å². The molecule has 2 fully saturated rings. The van der Waals surface area contributed by atoms with Gasteiger partial charge in [0.1, 0.15) is 18.2 Å². The molecule has 0 spiro atoms. The minimum Gasteiger partial charge on any atom is -0.444 e. The minimum atomic E-state index is -3.56. The first-order chi connectivity index (χ1) is 24.9. The average Bonchev–Trinajstić information content (AvgIpc) is 3.79. The number of likely N-dealkylation sites (tertiary alicyclic amines) is 1. The lowest BCUT2D eigenvalue weighted by molar-refractivity contribution is -0.143. The van der Waals surface area contributed by atoms with Crippen LogP contribution in [0.3, 0.4) is 0 Å². The highest BCUT2D eigenvalue weighted by molar-refractivity contribution is 7.88. The van der Waals surface area contributed by atoms with Crippen molar-refractivity contribution in [1.82, 2.24) is 30.1 Å². The molecule has 0 aromatic carbocycles. The van der Waals surface area contributed by atoms with E-state index in [0.717, 1.165) is 48.2 Å². The Kier molecular flexibility index (Phi) is 13.3. The number of hydrogen-bond donors (Lipinski definition) is 4. The number of rotatable bonds is 13. The van der Waals surface area contributed by atoms with Crippen molar-refractivity contribution in [3.63, 3.8) is 0 Å². The zero-order chi connectivity index (χ0) is 40.3. The van der Waals surface area contributed by atoms with Crippen LogP contribution in [-0.4, -0.2) is 128 Å². The van der Waals surface area contributed by atoms with E-state index in [4.69, 9.17) is 10.5 Å². The molecule has 6 amide bonds. The molecule has 0 aromatic heterocycles. The van der Waals surface area contributed by atoms with E-state index in [1.54, 1.807) is 25.7 Å². The van der Waals surface area contributed by atoms with Gasteiger partial charge in [-0.25, -0.2) is 22.3 Å². The molecule has 0 aromatic rings. The van der Waals surface area contributed by atoms with Crippen molar-refractivity contribution in [1.29, 1.82) is 0 Å². The molecule has 2 aliphatic carbocycles. The molecule has 4 rings (SSSR count). The molecule has 5 atom stereocenters. The molecular formula is C37H59N7O9S. The highest BCUT2D eigenvalue weighted by atomic mass is 32.2. The van der Waals surface area contributed by atoms with Gasteiger partial charge in [0.2, 0.25) is 27.6 Å². The Morgan fingerprint density at radius 1 is 1.00 bits per heavy atom. The number of allylic oxidation sites excluding steroid dienone is 1. The van der Waals surface area contributed by atoms with Gasteiger partial charge in [-0.05, 0) is 48.0 Å². The number of amides is 6. The second-order valence-corrected chi connectivity index (χ2v) is 19.4. The van der Waals surface area contributed by atoms with E-state index in [1.807, 2.05) is 26.8 Å². The Morgan fingerprint density at radius 2 is 1.67 bits per heavy atom. The van der Waals surface area contributed by atoms with Crippen molar-refractivity contribution in [3.8, 4) is 0 Å². The fourth-order valence-electron chi connectivity index (χ4n) is 6.95. The third kappa shape index (κ3) is 11.3. The van der Waals surface area contributed by atoms with Crippen LogP contribution in [0, 0.1) is 16.7 Å². The molecule has 302 valence electrons. The van der Waals surface area contributed by atoms with E-state index < -0.39 is 86.8 Å². The van der Waals surface area contributed by atoms with Gasteiger partial charge in [-0.2, -0.15) is 0 Å². The largest absolute Gasteiger partial charge is 0.444 e. The third-order valence-corrected chi connectivity index (χ3v) is 12.0. The lowest BCUT2D eigenvalue weighted by Gasteiger charge is -2.37. The van der Waals surface area contributed by atoms with Gasteiger partial charge in [0.05, 0.1) is 18.8 Å². The second kappa shape index (κ2) is 16.8. The summed E-state index contributed by atoms with van der Waals surface area (Å²) in [6, 6.07) is -4.97. The summed E-state index contributed by atoms with van der Waals surface area (Å²) in [7, 11) is -2.14. The number of ether oxygens (including phenoxy) is 1. The maximum atomic E-state index is 14.6. The van der Waals surface area contributed by atoms with Crippen molar-refractivity contribution in [2.45, 2.75) is 117 Å². The lowest BCUT2D eigenvalue weighted by Crippen LogP contribution is -2.61. The van der Waals surface area contributed by atoms with E-state index in [-0.39, 0.29) is 31.8 Å². The molecular weight excluding hydrogens is 719 g/mol. The number of ketones is 1. The Balaban J connectivity index is 1.57. The standard InChI is InChI=1S/C37H59N7O9S/c1-36(2,3)28(21-42(7)54(8,51)52)40-34(49)41-30(37(4,5)6)33(48)44-20-25(53-35(50)43-16-15-23-11-9-10-12-24(23)19-43)18-27(44)32(47)39-26(17-22-13-14-22)29(45)31(38)46/h10,12,22,25-28,30H,9,11,13-21H2,1-8H3,(H2,38,46)(H,39,47)(H2,40,41,49)/t25-,26?,27+,28-,30?/m1/s1. The molecule has 5 N–H and O–H groups in total. The maximum Gasteiger partial charge on any atom is 0.410 e. The summed E-state index contributed by atoms with van der Waals surface area (Å²) in [5, 5.41) is 8.26. The van der Waals surface area contributed by atoms with Crippen molar-refractivity contribution >= 4 is 45.7 Å². The predicted molar refractivity (Wildman–Crippen MR) is 201 cm³/mol. The number of nitrogens with one attached hydrogen (secondary N) is 3. The Labute approximate surface area is 319 Å². The van der Waals surface area contributed by atoms with Gasteiger partial charge >= 0.3 is 12.1 Å². The van der Waals surface area contributed by atoms with Crippen LogP contribution >= 0.6 is 0 Å². The van der Waals surface area contributed by atoms with Crippen LogP contribution in [0.25, 0.3) is 0 Å². The fraction of sp³-hybridized carbons (Fsp3) is 0.730. The van der Waals surface area contributed by atoms with Crippen molar-refractivity contribution in [3.05, 3.63) is 23.3 Å². The number of hydrogen-bond acceptors (Lipinski definition) is 9. The lowest BCUT2D eigenvalue weighted by atomic mass is 9.85. The molecule has 0 radical (unpaired) electrons. The van der Waals surface area contributed by atoms with Crippen molar-refractivity contribution in [2.24, 2.45) is 22.5 Å². The van der Waals surface area contributed by atoms with E-state index in [2.05, 4.69) is 22.0 Å². The maximum absolute atomic E-state index is 14.6. The monoisotopic (exact) mass is 777 g/mol. The topological polar surface area (TPSA) is 218 Å². The van der Waals surface area contributed by atoms with Crippen LogP contribution < -0.4 is 21.7 Å². The van der Waals surface area contributed by atoms with Crippen LogP contribution in [0.2, 0.25) is 0 Å². The number of carbonyl (C=O) groups excluding carboxylic acids is 6.